The minimum atomic E-state index is 1.01. The molecule has 0 heterocycles. The largest absolute Gasteiger partial charge is 0.0625 e. The lowest BCUT2D eigenvalue weighted by Crippen LogP contribution is -2.46. The second kappa shape index (κ2) is 4.59. The predicted octanol–water partition coefficient (Wildman–Crippen LogP) is 5.13. The Hall–Kier alpha value is 0. The third kappa shape index (κ3) is 2.06. The standard InChI is InChI=1S/C17H30/c1-11-7-8-14-10-13(3)15-6-4-5-12(2)17(15)16(14)9-11/h11-17H,4-10H2,1-3H3. The predicted molar refractivity (Wildman–Crippen MR) is 73.8 cm³/mol. The fraction of sp³-hybridized carbons (Fsp3) is 1.00. The van der Waals surface area contributed by atoms with Gasteiger partial charge in [0.15, 0.2) is 0 Å². The van der Waals surface area contributed by atoms with Crippen LogP contribution < -0.4 is 0 Å². The zero-order valence-electron chi connectivity index (χ0n) is 12.0. The van der Waals surface area contributed by atoms with Crippen molar-refractivity contribution in [1.82, 2.24) is 0 Å². The van der Waals surface area contributed by atoms with Crippen molar-refractivity contribution in [3.8, 4) is 0 Å². The number of hydrogen-bond donors (Lipinski definition) is 0. The van der Waals surface area contributed by atoms with E-state index in [4.69, 9.17) is 0 Å². The Labute approximate surface area is 108 Å². The van der Waals surface area contributed by atoms with Crippen molar-refractivity contribution in [1.29, 1.82) is 0 Å². The summed E-state index contributed by atoms with van der Waals surface area (Å²) < 4.78 is 0. The van der Waals surface area contributed by atoms with Crippen molar-refractivity contribution >= 4 is 0 Å². The lowest BCUT2D eigenvalue weighted by atomic mass is 9.51. The van der Waals surface area contributed by atoms with Crippen LogP contribution in [0.2, 0.25) is 0 Å². The third-order valence-electron chi connectivity index (χ3n) is 6.56. The molecule has 98 valence electrons. The summed E-state index contributed by atoms with van der Waals surface area (Å²) in [5.74, 6) is 7.45. The first-order chi connectivity index (χ1) is 8.16. The molecule has 0 amide bonds. The lowest BCUT2D eigenvalue weighted by molar-refractivity contribution is -0.0464. The Kier molecular flexibility index (Phi) is 3.26. The molecule has 0 aromatic rings. The minimum absolute atomic E-state index is 1.01. The summed E-state index contributed by atoms with van der Waals surface area (Å²) in [6.45, 7) is 7.62. The van der Waals surface area contributed by atoms with Crippen LogP contribution in [0.25, 0.3) is 0 Å². The summed E-state index contributed by atoms with van der Waals surface area (Å²) >= 11 is 0. The molecule has 3 aliphatic carbocycles. The molecule has 3 fully saturated rings. The zero-order chi connectivity index (χ0) is 12.0. The molecule has 0 saturated heterocycles. The van der Waals surface area contributed by atoms with E-state index in [0.717, 1.165) is 41.4 Å². The molecule has 17 heavy (non-hydrogen) atoms. The summed E-state index contributed by atoms with van der Waals surface area (Å²) in [6.07, 6.45) is 10.8. The first-order valence-corrected chi connectivity index (χ1v) is 8.16. The Morgan fingerprint density at radius 2 is 1.53 bits per heavy atom. The Balaban J connectivity index is 1.83. The number of rotatable bonds is 0. The van der Waals surface area contributed by atoms with Gasteiger partial charge in [-0.3, -0.25) is 0 Å². The van der Waals surface area contributed by atoms with Crippen molar-refractivity contribution in [2.75, 3.05) is 0 Å². The van der Waals surface area contributed by atoms with Crippen molar-refractivity contribution < 1.29 is 0 Å². The first kappa shape index (κ1) is 12.1. The molecule has 0 bridgehead atoms. The summed E-state index contributed by atoms with van der Waals surface area (Å²) in [4.78, 5) is 0. The van der Waals surface area contributed by atoms with Gasteiger partial charge in [0.1, 0.15) is 0 Å². The minimum Gasteiger partial charge on any atom is -0.0625 e. The van der Waals surface area contributed by atoms with Crippen LogP contribution in [0.15, 0.2) is 0 Å². The molecular formula is C17H30. The smallest absolute Gasteiger partial charge is 0.0326 e. The van der Waals surface area contributed by atoms with Crippen molar-refractivity contribution in [2.45, 2.75) is 65.7 Å². The van der Waals surface area contributed by atoms with Gasteiger partial charge in [-0.2, -0.15) is 0 Å². The highest BCUT2D eigenvalue weighted by Gasteiger charge is 2.47. The highest BCUT2D eigenvalue weighted by molar-refractivity contribution is 4.96. The van der Waals surface area contributed by atoms with Crippen molar-refractivity contribution in [3.63, 3.8) is 0 Å². The van der Waals surface area contributed by atoms with Crippen molar-refractivity contribution in [2.24, 2.45) is 41.4 Å². The van der Waals surface area contributed by atoms with Gasteiger partial charge < -0.3 is 0 Å². The van der Waals surface area contributed by atoms with E-state index in [1.54, 1.807) is 25.7 Å². The molecule has 3 aliphatic rings. The van der Waals surface area contributed by atoms with Gasteiger partial charge in [0.2, 0.25) is 0 Å². The van der Waals surface area contributed by atoms with Crippen LogP contribution in [0.3, 0.4) is 0 Å². The summed E-state index contributed by atoms with van der Waals surface area (Å²) in [6, 6.07) is 0. The SMILES string of the molecule is CC1CCC2CC(C)C3CCCC(C)C3C2C1. The molecule has 0 aliphatic heterocycles. The molecule has 3 saturated carbocycles. The summed E-state index contributed by atoms with van der Waals surface area (Å²) in [5, 5.41) is 0. The summed E-state index contributed by atoms with van der Waals surface area (Å²) in [5.41, 5.74) is 0. The molecule has 0 N–H and O–H groups in total. The summed E-state index contributed by atoms with van der Waals surface area (Å²) in [7, 11) is 0. The maximum absolute atomic E-state index is 2.56. The normalized spacial score (nSPS) is 54.9. The van der Waals surface area contributed by atoms with Crippen LogP contribution >= 0.6 is 0 Å². The first-order valence-electron chi connectivity index (χ1n) is 8.16. The van der Waals surface area contributed by atoms with Crippen LogP contribution in [0.4, 0.5) is 0 Å². The van der Waals surface area contributed by atoms with Gasteiger partial charge in [-0.1, -0.05) is 40.0 Å². The maximum Gasteiger partial charge on any atom is -0.0326 e. The highest BCUT2D eigenvalue weighted by atomic mass is 14.5. The topological polar surface area (TPSA) is 0 Å². The quantitative estimate of drug-likeness (QED) is 0.545. The second-order valence-corrected chi connectivity index (χ2v) is 7.70. The zero-order valence-corrected chi connectivity index (χ0v) is 12.0. The second-order valence-electron chi connectivity index (χ2n) is 7.70. The fourth-order valence-electron chi connectivity index (χ4n) is 5.79. The van der Waals surface area contributed by atoms with Crippen LogP contribution in [0.5, 0.6) is 0 Å². The van der Waals surface area contributed by atoms with Crippen LogP contribution in [-0.4, -0.2) is 0 Å². The van der Waals surface area contributed by atoms with Crippen LogP contribution in [-0.2, 0) is 0 Å². The van der Waals surface area contributed by atoms with E-state index in [1.165, 1.54) is 19.3 Å². The molecule has 0 heteroatoms. The molecule has 0 radical (unpaired) electrons. The average molecular weight is 234 g/mol. The molecule has 0 spiro atoms. The molecule has 0 aromatic heterocycles. The monoisotopic (exact) mass is 234 g/mol. The van der Waals surface area contributed by atoms with Crippen molar-refractivity contribution in [3.05, 3.63) is 0 Å². The number of hydrogen-bond acceptors (Lipinski definition) is 0. The highest BCUT2D eigenvalue weighted by Crippen LogP contribution is 2.55. The van der Waals surface area contributed by atoms with E-state index < -0.39 is 0 Å². The molecule has 0 aromatic carbocycles. The lowest BCUT2D eigenvalue weighted by Gasteiger charge is -2.54. The number of fused-ring (bicyclic) bond motifs is 3. The molecule has 7 atom stereocenters. The van der Waals surface area contributed by atoms with Crippen LogP contribution in [0.1, 0.15) is 65.7 Å². The third-order valence-corrected chi connectivity index (χ3v) is 6.56. The molecule has 3 rings (SSSR count). The molecular weight excluding hydrogens is 204 g/mol. The van der Waals surface area contributed by atoms with Gasteiger partial charge in [0.05, 0.1) is 0 Å². The Morgan fingerprint density at radius 3 is 2.35 bits per heavy atom. The van der Waals surface area contributed by atoms with Gasteiger partial charge >= 0.3 is 0 Å². The maximum atomic E-state index is 2.56. The van der Waals surface area contributed by atoms with Gasteiger partial charge in [0, 0.05) is 0 Å². The molecule has 7 unspecified atom stereocenters. The van der Waals surface area contributed by atoms with Gasteiger partial charge in [0.25, 0.3) is 0 Å². The van der Waals surface area contributed by atoms with E-state index in [0.29, 0.717) is 0 Å². The van der Waals surface area contributed by atoms with E-state index in [1.807, 2.05) is 0 Å². The van der Waals surface area contributed by atoms with Gasteiger partial charge in [-0.25, -0.2) is 0 Å². The van der Waals surface area contributed by atoms with E-state index >= 15 is 0 Å². The van der Waals surface area contributed by atoms with E-state index in [9.17, 15) is 0 Å². The molecule has 0 nitrogen and oxygen atoms in total. The Bertz CT molecular complexity index is 269. The average Bonchev–Trinajstić information content (AvgIpc) is 2.30. The Morgan fingerprint density at radius 1 is 0.706 bits per heavy atom. The van der Waals surface area contributed by atoms with E-state index in [2.05, 4.69) is 20.8 Å². The van der Waals surface area contributed by atoms with Gasteiger partial charge in [-0.05, 0) is 67.1 Å². The van der Waals surface area contributed by atoms with Gasteiger partial charge in [-0.15, -0.1) is 0 Å². The fourth-order valence-corrected chi connectivity index (χ4v) is 5.79. The van der Waals surface area contributed by atoms with E-state index in [-0.39, 0.29) is 0 Å². The van der Waals surface area contributed by atoms with Crippen LogP contribution in [0, 0.1) is 41.4 Å².